The van der Waals surface area contributed by atoms with Crippen molar-refractivity contribution < 1.29 is 9.59 Å². The first-order chi connectivity index (χ1) is 12.0. The zero-order valence-electron chi connectivity index (χ0n) is 13.6. The number of rotatable bonds is 4. The molecule has 3 rings (SSSR count). The Morgan fingerprint density at radius 1 is 1.24 bits per heavy atom. The number of halogens is 1. The van der Waals surface area contributed by atoms with Crippen LogP contribution in [-0.4, -0.2) is 39.6 Å². The highest BCUT2D eigenvalue weighted by Gasteiger charge is 2.22. The van der Waals surface area contributed by atoms with Crippen LogP contribution in [0, 0.1) is 0 Å². The van der Waals surface area contributed by atoms with E-state index in [0.717, 1.165) is 11.1 Å². The summed E-state index contributed by atoms with van der Waals surface area (Å²) in [5.74, 6) is -0.317. The van der Waals surface area contributed by atoms with Crippen molar-refractivity contribution >= 4 is 35.1 Å². The Bertz CT molecular complexity index is 835. The van der Waals surface area contributed by atoms with Crippen molar-refractivity contribution in [3.63, 3.8) is 0 Å². The molecule has 0 spiro atoms. The maximum absolute atomic E-state index is 12.2. The smallest absolute Gasteiger partial charge is 0.274 e. The third-order valence-corrected chi connectivity index (χ3v) is 3.93. The van der Waals surface area contributed by atoms with Crippen LogP contribution in [-0.2, 0) is 16.0 Å². The predicted octanol–water partition coefficient (Wildman–Crippen LogP) is 2.27. The molecule has 0 aliphatic carbocycles. The van der Waals surface area contributed by atoms with Crippen molar-refractivity contribution in [1.82, 2.24) is 15.0 Å². The molecule has 1 aliphatic rings. The van der Waals surface area contributed by atoms with Gasteiger partial charge in [-0.15, -0.1) is 0 Å². The molecule has 0 saturated carbocycles. The lowest BCUT2D eigenvalue weighted by molar-refractivity contribution is -0.130. The lowest BCUT2D eigenvalue weighted by Crippen LogP contribution is -2.34. The summed E-state index contributed by atoms with van der Waals surface area (Å²) in [7, 11) is 1.52. The molecule has 2 heterocycles. The third kappa shape index (κ3) is 4.39. The summed E-state index contributed by atoms with van der Waals surface area (Å²) in [5.41, 5.74) is 2.24. The Hall–Kier alpha value is -2.80. The summed E-state index contributed by atoms with van der Waals surface area (Å²) in [5, 5.41) is 8.41. The molecule has 0 radical (unpaired) electrons. The van der Waals surface area contributed by atoms with E-state index in [1.54, 1.807) is 12.4 Å². The second-order valence-electron chi connectivity index (χ2n) is 5.64. The lowest BCUT2D eigenvalue weighted by atomic mass is 10.1. The predicted molar refractivity (Wildman–Crippen MR) is 94.4 cm³/mol. The average Bonchev–Trinajstić information content (AvgIpc) is 2.59. The van der Waals surface area contributed by atoms with Gasteiger partial charge in [-0.1, -0.05) is 23.7 Å². The van der Waals surface area contributed by atoms with Crippen LogP contribution in [0.5, 0.6) is 0 Å². The average molecular weight is 358 g/mol. The first kappa shape index (κ1) is 17.0. The van der Waals surface area contributed by atoms with Gasteiger partial charge >= 0.3 is 0 Å². The largest absolute Gasteiger partial charge is 0.289 e. The molecule has 7 nitrogen and oxygen atoms in total. The van der Waals surface area contributed by atoms with Crippen LogP contribution >= 0.6 is 11.6 Å². The number of aromatic nitrogens is 2. The summed E-state index contributed by atoms with van der Waals surface area (Å²) in [6, 6.07) is 7.57. The zero-order chi connectivity index (χ0) is 17.8. The Kier molecular flexibility index (Phi) is 5.04. The number of benzene rings is 1. The molecule has 1 aliphatic heterocycles. The summed E-state index contributed by atoms with van der Waals surface area (Å²) in [6.45, 7) is 0. The van der Waals surface area contributed by atoms with Gasteiger partial charge in [0.2, 0.25) is 11.9 Å². The number of nitrogens with one attached hydrogen (secondary N) is 1. The number of hydrazone groups is 1. The van der Waals surface area contributed by atoms with Crippen molar-refractivity contribution in [2.24, 2.45) is 5.10 Å². The Balaban J connectivity index is 1.63. The second-order valence-corrected chi connectivity index (χ2v) is 6.08. The van der Waals surface area contributed by atoms with E-state index in [4.69, 9.17) is 11.6 Å². The van der Waals surface area contributed by atoms with Crippen molar-refractivity contribution in [1.29, 1.82) is 0 Å². The minimum atomic E-state index is -0.401. The van der Waals surface area contributed by atoms with E-state index < -0.39 is 5.91 Å². The van der Waals surface area contributed by atoms with Gasteiger partial charge in [-0.05, 0) is 23.3 Å². The molecule has 0 unspecified atom stereocenters. The van der Waals surface area contributed by atoms with E-state index in [-0.39, 0.29) is 24.0 Å². The van der Waals surface area contributed by atoms with Crippen molar-refractivity contribution in [2.75, 3.05) is 12.4 Å². The molecule has 8 heteroatoms. The van der Waals surface area contributed by atoms with E-state index in [0.29, 0.717) is 17.9 Å². The molecule has 1 N–H and O–H groups in total. The Morgan fingerprint density at radius 3 is 2.68 bits per heavy atom. The molecule has 0 saturated heterocycles. The van der Waals surface area contributed by atoms with Crippen molar-refractivity contribution in [2.45, 2.75) is 19.3 Å². The zero-order valence-corrected chi connectivity index (χ0v) is 14.3. The standard InChI is InChI=1S/C17H16ClN5O2/c1-23-15(24)6-5-14(22-23)16(25)21-17-19-9-12(10-20-17)7-11-3-2-4-13(18)8-11/h2-4,8-10H,5-7H2,1H3,(H,19,20,21,25). The van der Waals surface area contributed by atoms with Crippen LogP contribution in [0.15, 0.2) is 41.8 Å². The highest BCUT2D eigenvalue weighted by Crippen LogP contribution is 2.14. The van der Waals surface area contributed by atoms with Gasteiger partial charge in [-0.2, -0.15) is 5.10 Å². The number of carbonyl (C=O) groups is 2. The van der Waals surface area contributed by atoms with E-state index in [1.165, 1.54) is 12.1 Å². The second kappa shape index (κ2) is 7.40. The Labute approximate surface area is 149 Å². The first-order valence-corrected chi connectivity index (χ1v) is 8.10. The normalized spacial score (nSPS) is 14.2. The van der Waals surface area contributed by atoms with Gasteiger partial charge in [0.25, 0.3) is 5.91 Å². The van der Waals surface area contributed by atoms with E-state index in [9.17, 15) is 9.59 Å². The maximum Gasteiger partial charge on any atom is 0.274 e. The van der Waals surface area contributed by atoms with Crippen molar-refractivity contribution in [3.8, 4) is 0 Å². The first-order valence-electron chi connectivity index (χ1n) is 7.72. The molecule has 0 atom stereocenters. The van der Waals surface area contributed by atoms with Crippen LogP contribution in [0.3, 0.4) is 0 Å². The summed E-state index contributed by atoms with van der Waals surface area (Å²) in [6.07, 6.45) is 4.53. The van der Waals surface area contributed by atoms with Crippen LogP contribution < -0.4 is 5.32 Å². The molecule has 128 valence electrons. The van der Waals surface area contributed by atoms with E-state index in [2.05, 4.69) is 20.4 Å². The maximum atomic E-state index is 12.2. The van der Waals surface area contributed by atoms with Crippen LogP contribution in [0.4, 0.5) is 5.95 Å². The van der Waals surface area contributed by atoms with E-state index >= 15 is 0 Å². The summed E-state index contributed by atoms with van der Waals surface area (Å²) in [4.78, 5) is 31.9. The number of carbonyl (C=O) groups excluding carboxylic acids is 2. The summed E-state index contributed by atoms with van der Waals surface area (Å²) < 4.78 is 0. The van der Waals surface area contributed by atoms with Gasteiger partial charge in [-0.3, -0.25) is 14.9 Å². The SMILES string of the molecule is CN1N=C(C(=O)Nc2ncc(Cc3cccc(Cl)c3)cn2)CCC1=O. The van der Waals surface area contributed by atoms with Gasteiger partial charge in [0.1, 0.15) is 5.71 Å². The molecule has 0 bridgehead atoms. The molecule has 1 aromatic heterocycles. The van der Waals surface area contributed by atoms with Crippen LogP contribution in [0.1, 0.15) is 24.0 Å². The minimum absolute atomic E-state index is 0.113. The molecule has 2 amide bonds. The molecular weight excluding hydrogens is 342 g/mol. The topological polar surface area (TPSA) is 87.6 Å². The number of anilines is 1. The summed E-state index contributed by atoms with van der Waals surface area (Å²) >= 11 is 5.97. The number of hydrogen-bond acceptors (Lipinski definition) is 5. The molecule has 1 aromatic carbocycles. The highest BCUT2D eigenvalue weighted by atomic mass is 35.5. The minimum Gasteiger partial charge on any atom is -0.289 e. The fraction of sp³-hybridized carbons (Fsp3) is 0.235. The van der Waals surface area contributed by atoms with Gasteiger partial charge in [0, 0.05) is 43.7 Å². The monoisotopic (exact) mass is 357 g/mol. The van der Waals surface area contributed by atoms with Gasteiger partial charge in [0.05, 0.1) is 0 Å². The van der Waals surface area contributed by atoms with Gasteiger partial charge < -0.3 is 0 Å². The number of amides is 2. The Morgan fingerprint density at radius 2 is 2.00 bits per heavy atom. The van der Waals surface area contributed by atoms with Crippen LogP contribution in [0.2, 0.25) is 5.02 Å². The highest BCUT2D eigenvalue weighted by molar-refractivity contribution is 6.43. The molecule has 25 heavy (non-hydrogen) atoms. The van der Waals surface area contributed by atoms with Gasteiger partial charge in [0.15, 0.2) is 0 Å². The van der Waals surface area contributed by atoms with Crippen LogP contribution in [0.25, 0.3) is 0 Å². The fourth-order valence-electron chi connectivity index (χ4n) is 2.40. The fourth-order valence-corrected chi connectivity index (χ4v) is 2.61. The molecule has 2 aromatic rings. The molecule has 0 fully saturated rings. The molecular formula is C17H16ClN5O2. The van der Waals surface area contributed by atoms with Crippen molar-refractivity contribution in [3.05, 3.63) is 52.8 Å². The van der Waals surface area contributed by atoms with E-state index in [1.807, 2.05) is 24.3 Å². The third-order valence-electron chi connectivity index (χ3n) is 3.70. The van der Waals surface area contributed by atoms with Gasteiger partial charge in [-0.25, -0.2) is 15.0 Å². The lowest BCUT2D eigenvalue weighted by Gasteiger charge is -2.18. The number of hydrogen-bond donors (Lipinski definition) is 1. The quantitative estimate of drug-likeness (QED) is 0.909. The number of nitrogens with zero attached hydrogens (tertiary/aromatic N) is 4.